The first-order valence-corrected chi connectivity index (χ1v) is 4.43. The Kier molecular flexibility index (Phi) is 2.18. The maximum atomic E-state index is 9.67. The van der Waals surface area contributed by atoms with Crippen LogP contribution in [0.3, 0.4) is 0 Å². The zero-order chi connectivity index (χ0) is 10.1. The van der Waals surface area contributed by atoms with Gasteiger partial charge in [-0.2, -0.15) is 0 Å². The standard InChI is InChI=1S/C9H12N4O/c1-6-11-12-9-4-2-3-7(13(6)9)8(14)5-10/h2-4,8,14H,5,10H2,1H3. The van der Waals surface area contributed by atoms with Crippen LogP contribution in [-0.4, -0.2) is 26.2 Å². The lowest BCUT2D eigenvalue weighted by molar-refractivity contribution is 0.180. The first-order valence-electron chi connectivity index (χ1n) is 4.43. The lowest BCUT2D eigenvalue weighted by Crippen LogP contribution is -2.15. The van der Waals surface area contributed by atoms with Gasteiger partial charge < -0.3 is 10.8 Å². The van der Waals surface area contributed by atoms with Gasteiger partial charge in [0.15, 0.2) is 5.65 Å². The van der Waals surface area contributed by atoms with Crippen LogP contribution < -0.4 is 5.73 Å². The summed E-state index contributed by atoms with van der Waals surface area (Å²) in [6.45, 7) is 2.03. The molecule has 0 radical (unpaired) electrons. The molecule has 5 nitrogen and oxygen atoms in total. The minimum Gasteiger partial charge on any atom is -0.386 e. The Balaban J connectivity index is 2.69. The number of fused-ring (bicyclic) bond motifs is 1. The van der Waals surface area contributed by atoms with E-state index in [1.165, 1.54) is 0 Å². The average molecular weight is 192 g/mol. The van der Waals surface area contributed by atoms with E-state index < -0.39 is 6.10 Å². The number of aryl methyl sites for hydroxylation is 1. The fourth-order valence-electron chi connectivity index (χ4n) is 1.49. The maximum absolute atomic E-state index is 9.67. The van der Waals surface area contributed by atoms with Crippen LogP contribution in [-0.2, 0) is 0 Å². The number of rotatable bonds is 2. The van der Waals surface area contributed by atoms with E-state index in [4.69, 9.17) is 5.73 Å². The van der Waals surface area contributed by atoms with Gasteiger partial charge in [0.2, 0.25) is 0 Å². The molecule has 0 amide bonds. The fraction of sp³-hybridized carbons (Fsp3) is 0.333. The van der Waals surface area contributed by atoms with Gasteiger partial charge in [0.1, 0.15) is 11.9 Å². The smallest absolute Gasteiger partial charge is 0.161 e. The number of aliphatic hydroxyl groups excluding tert-OH is 1. The third kappa shape index (κ3) is 1.26. The molecule has 0 aliphatic rings. The Morgan fingerprint density at radius 3 is 3.00 bits per heavy atom. The van der Waals surface area contributed by atoms with Gasteiger partial charge in [-0.15, -0.1) is 10.2 Å². The Morgan fingerprint density at radius 1 is 1.50 bits per heavy atom. The summed E-state index contributed by atoms with van der Waals surface area (Å²) in [5.41, 5.74) is 6.87. The van der Waals surface area contributed by atoms with E-state index in [0.717, 1.165) is 17.2 Å². The topological polar surface area (TPSA) is 76.4 Å². The van der Waals surface area contributed by atoms with E-state index in [-0.39, 0.29) is 6.54 Å². The highest BCUT2D eigenvalue weighted by molar-refractivity contribution is 5.40. The van der Waals surface area contributed by atoms with Crippen LogP contribution in [0.5, 0.6) is 0 Å². The quantitative estimate of drug-likeness (QED) is 0.703. The molecule has 0 fully saturated rings. The zero-order valence-corrected chi connectivity index (χ0v) is 7.88. The van der Waals surface area contributed by atoms with Gasteiger partial charge in [-0.1, -0.05) is 6.07 Å². The van der Waals surface area contributed by atoms with Gasteiger partial charge in [-0.3, -0.25) is 4.40 Å². The van der Waals surface area contributed by atoms with Crippen molar-refractivity contribution in [3.8, 4) is 0 Å². The first kappa shape index (κ1) is 9.11. The molecule has 3 N–H and O–H groups in total. The summed E-state index contributed by atoms with van der Waals surface area (Å²) in [5, 5.41) is 17.6. The van der Waals surface area contributed by atoms with Crippen molar-refractivity contribution in [2.24, 2.45) is 5.73 Å². The van der Waals surface area contributed by atoms with Gasteiger partial charge in [-0.05, 0) is 19.1 Å². The third-order valence-electron chi connectivity index (χ3n) is 2.19. The first-order chi connectivity index (χ1) is 6.74. The number of nitrogens with two attached hydrogens (primary N) is 1. The van der Waals surface area contributed by atoms with Gasteiger partial charge in [0, 0.05) is 6.54 Å². The van der Waals surface area contributed by atoms with Crippen molar-refractivity contribution in [1.29, 1.82) is 0 Å². The molecule has 14 heavy (non-hydrogen) atoms. The van der Waals surface area contributed by atoms with Crippen LogP contribution in [0.25, 0.3) is 5.65 Å². The van der Waals surface area contributed by atoms with Crippen LogP contribution in [0.1, 0.15) is 17.6 Å². The van der Waals surface area contributed by atoms with Crippen LogP contribution in [0.2, 0.25) is 0 Å². The largest absolute Gasteiger partial charge is 0.386 e. The predicted octanol–water partition coefficient (Wildman–Crippen LogP) is 0.0298. The van der Waals surface area contributed by atoms with E-state index in [2.05, 4.69) is 10.2 Å². The molecule has 0 aliphatic heterocycles. The van der Waals surface area contributed by atoms with Crippen molar-refractivity contribution in [2.75, 3.05) is 6.54 Å². The number of nitrogens with zero attached hydrogens (tertiary/aromatic N) is 3. The molecular weight excluding hydrogens is 180 g/mol. The summed E-state index contributed by atoms with van der Waals surface area (Å²) in [6, 6.07) is 5.49. The number of hydrogen-bond donors (Lipinski definition) is 2. The lowest BCUT2D eigenvalue weighted by atomic mass is 10.2. The fourth-order valence-corrected chi connectivity index (χ4v) is 1.49. The molecule has 1 atom stereocenters. The van der Waals surface area contributed by atoms with Crippen LogP contribution in [0, 0.1) is 6.92 Å². The molecule has 74 valence electrons. The molecule has 5 heteroatoms. The second-order valence-electron chi connectivity index (χ2n) is 3.14. The van der Waals surface area contributed by atoms with Gasteiger partial charge in [0.25, 0.3) is 0 Å². The Hall–Kier alpha value is -1.46. The van der Waals surface area contributed by atoms with Crippen LogP contribution in [0.4, 0.5) is 0 Å². The minimum atomic E-state index is -0.673. The molecule has 0 aliphatic carbocycles. The average Bonchev–Trinajstić information content (AvgIpc) is 2.59. The Morgan fingerprint density at radius 2 is 2.29 bits per heavy atom. The van der Waals surface area contributed by atoms with Crippen molar-refractivity contribution < 1.29 is 5.11 Å². The SMILES string of the molecule is Cc1nnc2cccc(C(O)CN)n12. The molecule has 0 spiro atoms. The molecule has 2 rings (SSSR count). The van der Waals surface area contributed by atoms with E-state index in [1.54, 1.807) is 4.40 Å². The molecule has 2 aromatic heterocycles. The second kappa shape index (κ2) is 3.36. The van der Waals surface area contributed by atoms with Gasteiger partial charge in [-0.25, -0.2) is 0 Å². The summed E-state index contributed by atoms with van der Waals surface area (Å²) >= 11 is 0. The highest BCUT2D eigenvalue weighted by Gasteiger charge is 2.11. The molecule has 0 saturated carbocycles. The predicted molar refractivity (Wildman–Crippen MR) is 51.7 cm³/mol. The molecular formula is C9H12N4O. The maximum Gasteiger partial charge on any atom is 0.161 e. The van der Waals surface area contributed by atoms with Crippen LogP contribution >= 0.6 is 0 Å². The van der Waals surface area contributed by atoms with E-state index in [1.807, 2.05) is 25.1 Å². The van der Waals surface area contributed by atoms with Crippen LogP contribution in [0.15, 0.2) is 18.2 Å². The molecule has 1 unspecified atom stereocenters. The van der Waals surface area contributed by atoms with Gasteiger partial charge >= 0.3 is 0 Å². The molecule has 0 aromatic carbocycles. The van der Waals surface area contributed by atoms with Crippen molar-refractivity contribution >= 4 is 5.65 Å². The Bertz CT molecular complexity index is 451. The van der Waals surface area contributed by atoms with E-state index in [9.17, 15) is 5.11 Å². The number of pyridine rings is 1. The monoisotopic (exact) mass is 192 g/mol. The van der Waals surface area contributed by atoms with E-state index >= 15 is 0 Å². The molecule has 0 bridgehead atoms. The number of aliphatic hydroxyl groups is 1. The van der Waals surface area contributed by atoms with Crippen molar-refractivity contribution in [2.45, 2.75) is 13.0 Å². The second-order valence-corrected chi connectivity index (χ2v) is 3.14. The summed E-state index contributed by atoms with van der Waals surface area (Å²) < 4.78 is 1.80. The van der Waals surface area contributed by atoms with Gasteiger partial charge in [0.05, 0.1) is 5.69 Å². The Labute approximate surface area is 81.2 Å². The number of hydrogen-bond acceptors (Lipinski definition) is 4. The summed E-state index contributed by atoms with van der Waals surface area (Å²) in [6.07, 6.45) is -0.673. The third-order valence-corrected chi connectivity index (χ3v) is 2.19. The minimum absolute atomic E-state index is 0.191. The van der Waals surface area contributed by atoms with E-state index in [0.29, 0.717) is 0 Å². The van der Waals surface area contributed by atoms with Crippen molar-refractivity contribution in [1.82, 2.24) is 14.6 Å². The summed E-state index contributed by atoms with van der Waals surface area (Å²) in [7, 11) is 0. The molecule has 0 saturated heterocycles. The number of aromatic nitrogens is 3. The molecule has 2 heterocycles. The van der Waals surface area contributed by atoms with Crippen molar-refractivity contribution in [3.63, 3.8) is 0 Å². The zero-order valence-electron chi connectivity index (χ0n) is 7.88. The molecule has 2 aromatic rings. The summed E-state index contributed by atoms with van der Waals surface area (Å²) in [4.78, 5) is 0. The normalized spacial score (nSPS) is 13.4. The highest BCUT2D eigenvalue weighted by atomic mass is 16.3. The summed E-state index contributed by atoms with van der Waals surface area (Å²) in [5.74, 6) is 0.753. The lowest BCUT2D eigenvalue weighted by Gasteiger charge is -2.10. The highest BCUT2D eigenvalue weighted by Crippen LogP contribution is 2.14. The van der Waals surface area contributed by atoms with Crippen molar-refractivity contribution in [3.05, 3.63) is 29.7 Å².